The molecule has 2 aromatic carbocycles. The van der Waals surface area contributed by atoms with Gasteiger partial charge in [-0.1, -0.05) is 36.9 Å². The van der Waals surface area contributed by atoms with Crippen molar-refractivity contribution < 1.29 is 23.0 Å². The van der Waals surface area contributed by atoms with E-state index in [-0.39, 0.29) is 18.0 Å². The van der Waals surface area contributed by atoms with Crippen LogP contribution in [0.15, 0.2) is 55.1 Å². The van der Waals surface area contributed by atoms with Gasteiger partial charge in [0, 0.05) is 24.1 Å². The molecule has 0 bridgehead atoms. The van der Waals surface area contributed by atoms with Crippen molar-refractivity contribution in [3.05, 3.63) is 77.9 Å². The van der Waals surface area contributed by atoms with Crippen molar-refractivity contribution in [2.24, 2.45) is 5.92 Å². The molecule has 162 valence electrons. The lowest BCUT2D eigenvalue weighted by atomic mass is 9.95. The van der Waals surface area contributed by atoms with Gasteiger partial charge in [-0.2, -0.15) is 0 Å². The van der Waals surface area contributed by atoms with Crippen molar-refractivity contribution in [3.63, 3.8) is 0 Å². The van der Waals surface area contributed by atoms with Crippen LogP contribution >= 0.6 is 0 Å². The molecule has 0 aromatic heterocycles. The van der Waals surface area contributed by atoms with Gasteiger partial charge in [0.1, 0.15) is 17.2 Å². The summed E-state index contributed by atoms with van der Waals surface area (Å²) in [7, 11) is 0. The summed E-state index contributed by atoms with van der Waals surface area (Å²) in [5, 5.41) is 2.73. The molecule has 1 N–H and O–H groups in total. The largest absolute Gasteiger partial charge is 0.444 e. The normalized spacial score (nSPS) is 12.3. The van der Waals surface area contributed by atoms with Crippen LogP contribution < -0.4 is 5.32 Å². The first-order chi connectivity index (χ1) is 14.1. The number of hydrogen-bond acceptors (Lipinski definition) is 3. The molecule has 6 heteroatoms. The number of nitrogens with one attached hydrogen (secondary N) is 1. The van der Waals surface area contributed by atoms with E-state index in [1.807, 2.05) is 30.3 Å². The van der Waals surface area contributed by atoms with Crippen molar-refractivity contribution in [1.29, 1.82) is 0 Å². The van der Waals surface area contributed by atoms with Gasteiger partial charge >= 0.3 is 6.09 Å². The standard InChI is InChI=1S/C24H29F2NO3/c1-17(21-11-10-20(25)13-22(21)26)12-19(14-27-23(28)30-24(2,3)4)16-29-15-18-8-6-5-7-9-18/h5-11,13,19H,1,12,14-16H2,2-4H3,(H,27,28). The smallest absolute Gasteiger partial charge is 0.407 e. The predicted octanol–water partition coefficient (Wildman–Crippen LogP) is 5.73. The SMILES string of the molecule is C=C(CC(CNC(=O)OC(C)(C)C)COCc1ccccc1)c1ccc(F)cc1F. The zero-order chi connectivity index (χ0) is 22.1. The number of benzene rings is 2. The van der Waals surface area contributed by atoms with Crippen molar-refractivity contribution in [3.8, 4) is 0 Å². The topological polar surface area (TPSA) is 47.6 Å². The molecule has 0 fully saturated rings. The van der Waals surface area contributed by atoms with E-state index in [1.54, 1.807) is 20.8 Å². The highest BCUT2D eigenvalue weighted by Gasteiger charge is 2.19. The Kier molecular flexibility index (Phi) is 8.54. The molecule has 0 radical (unpaired) electrons. The van der Waals surface area contributed by atoms with Crippen LogP contribution in [0.2, 0.25) is 0 Å². The van der Waals surface area contributed by atoms with Gasteiger partial charge in [-0.05, 0) is 50.5 Å². The van der Waals surface area contributed by atoms with Gasteiger partial charge in [-0.15, -0.1) is 0 Å². The second-order valence-corrected chi connectivity index (χ2v) is 8.18. The summed E-state index contributed by atoms with van der Waals surface area (Å²) < 4.78 is 38.4. The maximum Gasteiger partial charge on any atom is 0.407 e. The average Bonchev–Trinajstić information content (AvgIpc) is 2.65. The van der Waals surface area contributed by atoms with Crippen LogP contribution in [0.4, 0.5) is 13.6 Å². The summed E-state index contributed by atoms with van der Waals surface area (Å²) in [5.41, 5.74) is 1.18. The van der Waals surface area contributed by atoms with Crippen LogP contribution in [0.3, 0.4) is 0 Å². The predicted molar refractivity (Wildman–Crippen MR) is 114 cm³/mol. The highest BCUT2D eigenvalue weighted by Crippen LogP contribution is 2.24. The average molecular weight is 417 g/mol. The number of amides is 1. The number of halogens is 2. The number of ether oxygens (including phenoxy) is 2. The summed E-state index contributed by atoms with van der Waals surface area (Å²) in [6.07, 6.45) is -0.165. The maximum absolute atomic E-state index is 14.1. The van der Waals surface area contributed by atoms with Gasteiger partial charge in [0.15, 0.2) is 0 Å². The van der Waals surface area contributed by atoms with Gasteiger partial charge < -0.3 is 14.8 Å². The molecule has 0 saturated heterocycles. The fraction of sp³-hybridized carbons (Fsp3) is 0.375. The van der Waals surface area contributed by atoms with Gasteiger partial charge in [0.05, 0.1) is 13.2 Å². The number of hydrogen-bond donors (Lipinski definition) is 1. The quantitative estimate of drug-likeness (QED) is 0.567. The number of rotatable bonds is 9. The number of carbonyl (C=O) groups excluding carboxylic acids is 1. The van der Waals surface area contributed by atoms with E-state index < -0.39 is 23.3 Å². The van der Waals surface area contributed by atoms with Gasteiger partial charge in [-0.25, -0.2) is 13.6 Å². The summed E-state index contributed by atoms with van der Waals surface area (Å²) >= 11 is 0. The van der Waals surface area contributed by atoms with Gasteiger partial charge in [-0.3, -0.25) is 0 Å². The highest BCUT2D eigenvalue weighted by atomic mass is 19.1. The molecule has 0 heterocycles. The third-order valence-electron chi connectivity index (χ3n) is 4.25. The fourth-order valence-corrected chi connectivity index (χ4v) is 2.88. The number of allylic oxidation sites excluding steroid dienone is 1. The first-order valence-electron chi connectivity index (χ1n) is 9.86. The van der Waals surface area contributed by atoms with E-state index in [0.717, 1.165) is 11.6 Å². The minimum atomic E-state index is -0.663. The molecular weight excluding hydrogens is 388 g/mol. The van der Waals surface area contributed by atoms with E-state index >= 15 is 0 Å². The molecule has 0 aliphatic heterocycles. The van der Waals surface area contributed by atoms with Crippen molar-refractivity contribution in [2.75, 3.05) is 13.2 Å². The Morgan fingerprint density at radius 2 is 1.83 bits per heavy atom. The van der Waals surface area contributed by atoms with Crippen LogP contribution in [0.5, 0.6) is 0 Å². The molecular formula is C24H29F2NO3. The van der Waals surface area contributed by atoms with Crippen LogP contribution in [0.1, 0.15) is 38.3 Å². The van der Waals surface area contributed by atoms with Crippen molar-refractivity contribution in [2.45, 2.75) is 39.4 Å². The summed E-state index contributed by atoms with van der Waals surface area (Å²) in [4.78, 5) is 12.0. The first kappa shape index (κ1) is 23.5. The van der Waals surface area contributed by atoms with Crippen molar-refractivity contribution >= 4 is 11.7 Å². The third-order valence-corrected chi connectivity index (χ3v) is 4.25. The highest BCUT2D eigenvalue weighted by molar-refractivity contribution is 5.68. The van der Waals surface area contributed by atoms with Crippen LogP contribution in [-0.4, -0.2) is 24.8 Å². The Bertz CT molecular complexity index is 847. The van der Waals surface area contributed by atoms with E-state index in [0.29, 0.717) is 25.2 Å². The van der Waals surface area contributed by atoms with E-state index in [9.17, 15) is 13.6 Å². The van der Waals surface area contributed by atoms with Crippen LogP contribution in [0.25, 0.3) is 5.57 Å². The fourth-order valence-electron chi connectivity index (χ4n) is 2.88. The lowest BCUT2D eigenvalue weighted by Gasteiger charge is -2.23. The van der Waals surface area contributed by atoms with E-state index in [1.165, 1.54) is 12.1 Å². The number of carbonyl (C=O) groups is 1. The lowest BCUT2D eigenvalue weighted by molar-refractivity contribution is 0.0487. The van der Waals surface area contributed by atoms with Gasteiger partial charge in [0.25, 0.3) is 0 Å². The van der Waals surface area contributed by atoms with Crippen molar-refractivity contribution in [1.82, 2.24) is 5.32 Å². The minimum absolute atomic E-state index is 0.168. The zero-order valence-corrected chi connectivity index (χ0v) is 17.7. The van der Waals surface area contributed by atoms with Crippen LogP contribution in [0, 0.1) is 17.6 Å². The molecule has 1 unspecified atom stereocenters. The van der Waals surface area contributed by atoms with E-state index in [2.05, 4.69) is 11.9 Å². The third kappa shape index (κ3) is 8.33. The lowest BCUT2D eigenvalue weighted by Crippen LogP contribution is -2.36. The summed E-state index contributed by atoms with van der Waals surface area (Å²) in [5.74, 6) is -1.47. The molecule has 0 saturated carbocycles. The second kappa shape index (κ2) is 10.9. The monoisotopic (exact) mass is 417 g/mol. The Labute approximate surface area is 176 Å². The molecule has 1 atom stereocenters. The molecule has 1 amide bonds. The Hall–Kier alpha value is -2.73. The maximum atomic E-state index is 14.1. The zero-order valence-electron chi connectivity index (χ0n) is 17.7. The first-order valence-corrected chi connectivity index (χ1v) is 9.86. The molecule has 0 spiro atoms. The minimum Gasteiger partial charge on any atom is -0.444 e. The Balaban J connectivity index is 1.99. The molecule has 0 aliphatic rings. The molecule has 0 aliphatic carbocycles. The second-order valence-electron chi connectivity index (χ2n) is 8.18. The molecule has 2 rings (SSSR count). The number of alkyl carbamates (subject to hydrolysis) is 1. The molecule has 30 heavy (non-hydrogen) atoms. The summed E-state index contributed by atoms with van der Waals surface area (Å²) in [6.45, 7) is 10.3. The molecule has 4 nitrogen and oxygen atoms in total. The summed E-state index contributed by atoms with van der Waals surface area (Å²) in [6, 6.07) is 13.1. The van der Waals surface area contributed by atoms with Crippen LogP contribution in [-0.2, 0) is 16.1 Å². The Morgan fingerprint density at radius 1 is 1.13 bits per heavy atom. The van der Waals surface area contributed by atoms with Gasteiger partial charge in [0.2, 0.25) is 0 Å². The molecule has 2 aromatic rings. The Morgan fingerprint density at radius 3 is 2.47 bits per heavy atom. The van der Waals surface area contributed by atoms with E-state index in [4.69, 9.17) is 9.47 Å².